The molecule has 0 aromatic rings. The van der Waals surface area contributed by atoms with Crippen LogP contribution in [-0.4, -0.2) is 124 Å². The zero-order valence-corrected chi connectivity index (χ0v) is 80.5. The quantitative estimate of drug-likeness (QED) is 0.0837. The third-order valence-electron chi connectivity index (χ3n) is 31.3. The number of fused-ring (bicyclic) bond motifs is 4. The number of hydrogen-bond acceptors (Lipinski definition) is 12. The van der Waals surface area contributed by atoms with Crippen LogP contribution in [0.5, 0.6) is 0 Å². The van der Waals surface area contributed by atoms with Crippen molar-refractivity contribution in [2.75, 3.05) is 25.0 Å². The van der Waals surface area contributed by atoms with Gasteiger partial charge in [-0.2, -0.15) is 8.78 Å². The SMILES string of the molecule is C=C1CCC(O)C/C1=C/C=C1\CCCC2(C)C(C(C)/C=C/C(C)(F)S(C)(=O)=O)CC[C@@H]12.C=C1CCC(O)C/C1=C/C=C1\CCC[C@]2(C)C(C(C)/C=C/C(C)(C)S(C)(=O)=O)=CC[C@@H]12.C=C1CCC(O)C/C1=C/C=C1\CCC[C@]2(C)C(C(C)/C=C/C(C)S(C)(=O)=O)=CC[C@@H]12.C=C1CCC(O)C/C1=C/C=C1\CCC[C@]2(C)C(C(C)/C=C/C(F)(F)S(C)(=O)=O)=CC[C@@H]12. The fraction of sp³-hybridized carbons (Fsp3) is 0.635. The van der Waals surface area contributed by atoms with E-state index in [1.165, 1.54) is 112 Å². The van der Waals surface area contributed by atoms with Crippen LogP contribution in [0, 0.1) is 74.9 Å². The molecule has 0 bridgehead atoms. The number of allylic oxidation sites excluding steroid dienone is 26. The van der Waals surface area contributed by atoms with Crippen LogP contribution in [-0.2, 0) is 39.3 Å². The van der Waals surface area contributed by atoms with E-state index in [0.29, 0.717) is 67.6 Å². The lowest BCUT2D eigenvalue weighted by atomic mass is 9.61. The lowest BCUT2D eigenvalue weighted by Gasteiger charge is -2.44. The molecule has 19 heteroatoms. The minimum Gasteiger partial charge on any atom is -0.393 e. The van der Waals surface area contributed by atoms with Crippen molar-refractivity contribution in [2.45, 2.75) is 314 Å². The molecule has 9 saturated carbocycles. The van der Waals surface area contributed by atoms with Gasteiger partial charge in [-0.1, -0.05) is 246 Å². The number of aliphatic hydroxyl groups excluding tert-OH is 4. The number of alkyl halides is 3. The highest BCUT2D eigenvalue weighted by atomic mass is 32.2. The van der Waals surface area contributed by atoms with Crippen molar-refractivity contribution in [2.24, 2.45) is 74.9 Å². The Balaban J connectivity index is 0.000000186. The van der Waals surface area contributed by atoms with Gasteiger partial charge in [-0.05, 0) is 323 Å². The van der Waals surface area contributed by atoms with Gasteiger partial charge in [0, 0.05) is 25.0 Å². The van der Waals surface area contributed by atoms with Crippen molar-refractivity contribution in [3.8, 4) is 0 Å². The van der Waals surface area contributed by atoms with E-state index in [4.69, 9.17) is 0 Å². The molecule has 12 nitrogen and oxygen atoms in total. The fourth-order valence-corrected chi connectivity index (χ4v) is 24.0. The minimum absolute atomic E-state index is 0.115. The van der Waals surface area contributed by atoms with Gasteiger partial charge >= 0.3 is 5.25 Å². The highest BCUT2D eigenvalue weighted by molar-refractivity contribution is 7.92. The highest BCUT2D eigenvalue weighted by Crippen LogP contribution is 2.62. The molecule has 12 unspecified atom stereocenters. The number of aliphatic hydroxyl groups is 4. The van der Waals surface area contributed by atoms with E-state index >= 15 is 0 Å². The number of sulfone groups is 4. The molecule has 0 amide bonds. The smallest absolute Gasteiger partial charge is 0.363 e. The molecule has 684 valence electrons. The Kier molecular flexibility index (Phi) is 33.5. The van der Waals surface area contributed by atoms with Crippen LogP contribution in [0.3, 0.4) is 0 Å². The van der Waals surface area contributed by atoms with Gasteiger partial charge in [0.1, 0.15) is 0 Å². The Morgan fingerprint density at radius 2 is 0.724 bits per heavy atom. The maximum absolute atomic E-state index is 14.6. The van der Waals surface area contributed by atoms with E-state index < -0.39 is 59.6 Å². The third-order valence-corrected chi connectivity index (χ3v) is 37.6. The van der Waals surface area contributed by atoms with E-state index in [9.17, 15) is 67.3 Å². The molecule has 0 radical (unpaired) electrons. The summed E-state index contributed by atoms with van der Waals surface area (Å²) in [6.07, 6.45) is 68.7. The Bertz CT molecular complexity index is 4690. The van der Waals surface area contributed by atoms with Crippen molar-refractivity contribution in [3.63, 3.8) is 0 Å². The second kappa shape index (κ2) is 40.7. The summed E-state index contributed by atoms with van der Waals surface area (Å²) < 4.78 is 135. The molecule has 0 aromatic carbocycles. The molecule has 123 heavy (non-hydrogen) atoms. The molecule has 0 saturated heterocycles. The summed E-state index contributed by atoms with van der Waals surface area (Å²) in [4.78, 5) is 0. The Hall–Kier alpha value is -5.51. The van der Waals surface area contributed by atoms with Crippen LogP contribution < -0.4 is 0 Å². The third kappa shape index (κ3) is 24.3. The number of halogens is 3. The van der Waals surface area contributed by atoms with Gasteiger partial charge < -0.3 is 20.4 Å². The van der Waals surface area contributed by atoms with Gasteiger partial charge in [0.25, 0.3) is 0 Å². The summed E-state index contributed by atoms with van der Waals surface area (Å²) in [5, 5.41) is 33.4. The van der Waals surface area contributed by atoms with Crippen molar-refractivity contribution < 1.29 is 67.3 Å². The average molecular weight is 1780 g/mol. The zero-order chi connectivity index (χ0) is 91.2. The minimum atomic E-state index is -4.48. The maximum Gasteiger partial charge on any atom is 0.363 e. The molecule has 0 aliphatic heterocycles. The van der Waals surface area contributed by atoms with E-state index in [0.717, 1.165) is 170 Å². The first kappa shape index (κ1) is 101. The molecular weight excluding hydrogens is 1630 g/mol. The lowest BCUT2D eigenvalue weighted by Crippen LogP contribution is -2.35. The second-order valence-corrected chi connectivity index (χ2v) is 50.1. The number of rotatable bonds is 20. The molecule has 19 atom stereocenters. The normalized spacial score (nSPS) is 35.1. The molecule has 0 aromatic heterocycles. The van der Waals surface area contributed by atoms with Gasteiger partial charge in [0.2, 0.25) is 14.8 Å². The van der Waals surface area contributed by atoms with Gasteiger partial charge in [-0.15, -0.1) is 0 Å². The molecule has 12 aliphatic rings. The monoisotopic (exact) mass is 1780 g/mol. The molecule has 9 fully saturated rings. The van der Waals surface area contributed by atoms with Crippen LogP contribution in [0.1, 0.15) is 269 Å². The Labute approximate surface area is 740 Å². The van der Waals surface area contributed by atoms with Gasteiger partial charge in [-0.25, -0.2) is 38.1 Å². The van der Waals surface area contributed by atoms with Gasteiger partial charge in [0.15, 0.2) is 29.5 Å². The summed E-state index contributed by atoms with van der Waals surface area (Å²) in [7, 11) is -14.5. The summed E-state index contributed by atoms with van der Waals surface area (Å²) in [6, 6.07) is 0. The zero-order valence-electron chi connectivity index (χ0n) is 77.2. The molecule has 4 N–H and O–H groups in total. The first-order valence-corrected chi connectivity index (χ1v) is 53.5. The van der Waals surface area contributed by atoms with Gasteiger partial charge in [-0.3, -0.25) is 0 Å². The van der Waals surface area contributed by atoms with Crippen molar-refractivity contribution in [3.05, 3.63) is 225 Å². The summed E-state index contributed by atoms with van der Waals surface area (Å²) >= 11 is 0. The highest BCUT2D eigenvalue weighted by Gasteiger charge is 2.53. The second-order valence-electron chi connectivity index (χ2n) is 40.7. The average Bonchev–Trinajstić information content (AvgIpc) is 1.63. The predicted molar refractivity (Wildman–Crippen MR) is 504 cm³/mol. The molecule has 0 heterocycles. The molecule has 12 aliphatic carbocycles. The maximum atomic E-state index is 14.6. The van der Waals surface area contributed by atoms with Crippen LogP contribution in [0.2, 0.25) is 0 Å². The van der Waals surface area contributed by atoms with Gasteiger partial charge in [0.05, 0.1) is 34.4 Å². The molecule has 12 rings (SSSR count). The largest absolute Gasteiger partial charge is 0.393 e. The van der Waals surface area contributed by atoms with Crippen LogP contribution in [0.25, 0.3) is 0 Å². The molecular formula is C104H151F3O12S4. The van der Waals surface area contributed by atoms with E-state index in [1.54, 1.807) is 26.8 Å². The fourth-order valence-electron chi connectivity index (χ4n) is 22.6. The summed E-state index contributed by atoms with van der Waals surface area (Å²) in [5.74, 6) is 2.60. The van der Waals surface area contributed by atoms with E-state index in [2.05, 4.69) is 154 Å². The van der Waals surface area contributed by atoms with Crippen molar-refractivity contribution in [1.29, 1.82) is 0 Å². The summed E-state index contributed by atoms with van der Waals surface area (Å²) in [6.45, 7) is 40.8. The van der Waals surface area contributed by atoms with Crippen molar-refractivity contribution in [1.82, 2.24) is 0 Å². The predicted octanol–water partition coefficient (Wildman–Crippen LogP) is 23.8. The first-order chi connectivity index (χ1) is 57.1. The number of hydrogen-bond donors (Lipinski definition) is 4. The Morgan fingerprint density at radius 3 is 1.05 bits per heavy atom. The standard InChI is InChI=1S/C27H40O3S.C26H39FO3S.C26H38O3S.C25H34F2O3S/c1-19-9-12-23(28)18-22(19)11-10-21-8-7-16-27(5)24(13-14-25(21)27)20(2)15-17-26(3,4)31(6,29)30;1-18-8-11-22(28)17-21(18)10-9-20-7-6-15-25(3)23(12-13-24(20)25)19(2)14-16-26(4,27)31(5,29)30;1-18-9-13-23(27)17-22(18)12-11-21-7-6-16-26(4)24(14-15-25(21)26)19(2)8-10-20(3)30(5,28)29;1-17-7-10-21(28)16-20(17)9-8-19-6-5-14-24(3)22(11-12-23(19)24)18(2)13-15-25(26,27)31(4,29)30/h10-11,13,15,17,20,23,25,28H,1,7-9,12,14,16,18H2,2-6H3;9-10,14,16,19,22-24,28H,1,6-8,11-13,15,17H2,2-5H3;8,10-12,14,19-20,23,25,27H,1,6-7,9,13,15-17H2,2-5H3;8-9,11,13,15,18,21,23,28H,1,5-7,10,12,14,16H2,2-4H3/b17-15+,21-10+,22-11-;16-14+,20-9+,21-10-;10-8+,21-11+,22-12-;15-13+,19-8+,20-9-/t20?,23?,25-,27+;19?,22?,23?,24-,25?,26?;19?,20?,23?,25-,26+;18?,21?,23-,24+/m0000/s1. The lowest BCUT2D eigenvalue weighted by molar-refractivity contribution is 0.112. The van der Waals surface area contributed by atoms with Crippen LogP contribution in [0.15, 0.2) is 225 Å². The van der Waals surface area contributed by atoms with Crippen LogP contribution in [0.4, 0.5) is 13.2 Å². The summed E-state index contributed by atoms with van der Waals surface area (Å²) in [5.41, 5.74) is 19.4. The molecule has 0 spiro atoms. The van der Waals surface area contributed by atoms with Crippen molar-refractivity contribution >= 4 is 39.3 Å². The van der Waals surface area contributed by atoms with E-state index in [1.807, 2.05) is 19.1 Å². The van der Waals surface area contributed by atoms with Crippen LogP contribution >= 0.6 is 0 Å². The first-order valence-electron chi connectivity index (χ1n) is 45.8. The topological polar surface area (TPSA) is 217 Å². The Morgan fingerprint density at radius 1 is 0.398 bits per heavy atom. The van der Waals surface area contributed by atoms with E-state index in [-0.39, 0.29) is 69.7 Å².